The van der Waals surface area contributed by atoms with Crippen LogP contribution in [0, 0.1) is 16.0 Å². The zero-order chi connectivity index (χ0) is 20.8. The first-order valence-electron chi connectivity index (χ1n) is 9.17. The van der Waals surface area contributed by atoms with E-state index in [0.29, 0.717) is 17.1 Å². The Morgan fingerprint density at radius 2 is 2.14 bits per heavy atom. The van der Waals surface area contributed by atoms with E-state index in [4.69, 9.17) is 14.2 Å². The number of esters is 1. The number of ether oxygens (including phenoxy) is 3. The molecule has 0 amide bonds. The number of nitro groups is 1. The predicted octanol–water partition coefficient (Wildman–Crippen LogP) is 1.81. The van der Waals surface area contributed by atoms with Gasteiger partial charge in [0.15, 0.2) is 11.5 Å². The molecular formula is C19H21N3O7. The monoisotopic (exact) mass is 403 g/mol. The minimum absolute atomic E-state index is 0.00999. The SMILES string of the molecule is CCOC(=O)C(C(=O)CCn1cccn1)C(C[N+](=O)[O-])c1ccc2c(c1)OCO2. The number of carbonyl (C=O) groups excluding carboxylic acids is 2. The molecule has 0 radical (unpaired) electrons. The van der Waals surface area contributed by atoms with Crippen LogP contribution in [0.25, 0.3) is 0 Å². The van der Waals surface area contributed by atoms with Crippen molar-refractivity contribution >= 4 is 11.8 Å². The van der Waals surface area contributed by atoms with Gasteiger partial charge in [-0.15, -0.1) is 0 Å². The van der Waals surface area contributed by atoms with Crippen LogP contribution in [0.5, 0.6) is 11.5 Å². The van der Waals surface area contributed by atoms with Crippen LogP contribution >= 0.6 is 0 Å². The van der Waals surface area contributed by atoms with E-state index in [2.05, 4.69) is 5.10 Å². The van der Waals surface area contributed by atoms with Gasteiger partial charge >= 0.3 is 5.97 Å². The van der Waals surface area contributed by atoms with Gasteiger partial charge in [-0.05, 0) is 30.7 Å². The molecule has 3 rings (SSSR count). The molecule has 0 aliphatic carbocycles. The molecule has 29 heavy (non-hydrogen) atoms. The van der Waals surface area contributed by atoms with Crippen molar-refractivity contribution in [3.8, 4) is 11.5 Å². The molecule has 0 spiro atoms. The summed E-state index contributed by atoms with van der Waals surface area (Å²) in [6.45, 7) is 1.38. The summed E-state index contributed by atoms with van der Waals surface area (Å²) >= 11 is 0. The van der Waals surface area contributed by atoms with Crippen LogP contribution in [0.3, 0.4) is 0 Å². The van der Waals surface area contributed by atoms with Crippen LogP contribution < -0.4 is 9.47 Å². The molecule has 2 aromatic rings. The standard InChI is InChI=1S/C19H21N3O7/c1-2-27-19(24)18(15(23)6-9-21-8-3-7-20-21)14(11-22(25)26)13-4-5-16-17(10-13)29-12-28-16/h3-5,7-8,10,14,18H,2,6,9,11-12H2,1H3. The molecule has 2 heterocycles. The van der Waals surface area contributed by atoms with E-state index in [9.17, 15) is 19.7 Å². The van der Waals surface area contributed by atoms with Gasteiger partial charge in [0.2, 0.25) is 13.3 Å². The van der Waals surface area contributed by atoms with Crippen LogP contribution in [0.2, 0.25) is 0 Å². The number of hydrogen-bond acceptors (Lipinski definition) is 8. The third-order valence-electron chi connectivity index (χ3n) is 4.61. The zero-order valence-electron chi connectivity index (χ0n) is 15.9. The van der Waals surface area contributed by atoms with Crippen LogP contribution in [0.1, 0.15) is 24.8 Å². The molecule has 0 bridgehead atoms. The fraction of sp³-hybridized carbons (Fsp3) is 0.421. The number of ketones is 1. The molecule has 10 heteroatoms. The molecule has 154 valence electrons. The van der Waals surface area contributed by atoms with E-state index >= 15 is 0 Å². The van der Waals surface area contributed by atoms with E-state index in [1.54, 1.807) is 48.3 Å². The van der Waals surface area contributed by atoms with Gasteiger partial charge in [-0.2, -0.15) is 5.10 Å². The number of carbonyl (C=O) groups is 2. The summed E-state index contributed by atoms with van der Waals surface area (Å²) in [6.07, 6.45) is 3.26. The largest absolute Gasteiger partial charge is 0.465 e. The normalized spacial score (nSPS) is 14.2. The summed E-state index contributed by atoms with van der Waals surface area (Å²) in [5.41, 5.74) is 0.441. The molecule has 1 aromatic carbocycles. The van der Waals surface area contributed by atoms with Crippen LogP contribution in [0.4, 0.5) is 0 Å². The Hall–Kier alpha value is -3.43. The maximum Gasteiger partial charge on any atom is 0.317 e. The lowest BCUT2D eigenvalue weighted by Gasteiger charge is -2.22. The maximum absolute atomic E-state index is 13.0. The lowest BCUT2D eigenvalue weighted by atomic mass is 9.82. The van der Waals surface area contributed by atoms with Gasteiger partial charge in [0.25, 0.3) is 0 Å². The van der Waals surface area contributed by atoms with Crippen molar-refractivity contribution in [1.29, 1.82) is 0 Å². The number of nitrogens with zero attached hydrogens (tertiary/aromatic N) is 3. The summed E-state index contributed by atoms with van der Waals surface area (Å²) in [6, 6.07) is 6.51. The molecular weight excluding hydrogens is 382 g/mol. The first kappa shape index (κ1) is 20.3. The van der Waals surface area contributed by atoms with Gasteiger partial charge in [0.1, 0.15) is 11.7 Å². The lowest BCUT2D eigenvalue weighted by molar-refractivity contribution is -0.484. The summed E-state index contributed by atoms with van der Waals surface area (Å²) < 4.78 is 17.2. The van der Waals surface area contributed by atoms with Gasteiger partial charge in [-0.25, -0.2) is 0 Å². The van der Waals surface area contributed by atoms with Gasteiger partial charge in [-0.1, -0.05) is 6.07 Å². The Morgan fingerprint density at radius 3 is 2.83 bits per heavy atom. The minimum Gasteiger partial charge on any atom is -0.465 e. The fourth-order valence-electron chi connectivity index (χ4n) is 3.27. The number of aryl methyl sites for hydroxylation is 1. The summed E-state index contributed by atoms with van der Waals surface area (Å²) in [5.74, 6) is -2.60. The highest BCUT2D eigenvalue weighted by atomic mass is 16.7. The lowest BCUT2D eigenvalue weighted by Crippen LogP contribution is -2.35. The Morgan fingerprint density at radius 1 is 1.34 bits per heavy atom. The number of fused-ring (bicyclic) bond motifs is 1. The van der Waals surface area contributed by atoms with Crippen LogP contribution in [-0.2, 0) is 20.9 Å². The summed E-state index contributed by atoms with van der Waals surface area (Å²) in [7, 11) is 0. The molecule has 1 aliphatic heterocycles. The van der Waals surface area contributed by atoms with Gasteiger partial charge in [0.05, 0.1) is 12.5 Å². The van der Waals surface area contributed by atoms with E-state index in [1.807, 2.05) is 0 Å². The Balaban J connectivity index is 1.90. The van der Waals surface area contributed by atoms with Crippen LogP contribution in [0.15, 0.2) is 36.7 Å². The molecule has 0 fully saturated rings. The number of benzene rings is 1. The topological polar surface area (TPSA) is 123 Å². The molecule has 10 nitrogen and oxygen atoms in total. The smallest absolute Gasteiger partial charge is 0.317 e. The third-order valence-corrected chi connectivity index (χ3v) is 4.61. The van der Waals surface area contributed by atoms with E-state index < -0.39 is 35.1 Å². The van der Waals surface area contributed by atoms with Crippen molar-refractivity contribution in [1.82, 2.24) is 9.78 Å². The fourth-order valence-corrected chi connectivity index (χ4v) is 3.27. The predicted molar refractivity (Wildman–Crippen MR) is 99.1 cm³/mol. The Labute approximate surface area is 166 Å². The maximum atomic E-state index is 13.0. The van der Waals surface area contributed by atoms with Crippen molar-refractivity contribution in [3.63, 3.8) is 0 Å². The van der Waals surface area contributed by atoms with Crippen molar-refractivity contribution in [2.75, 3.05) is 19.9 Å². The highest BCUT2D eigenvalue weighted by molar-refractivity contribution is 6.00. The molecule has 2 unspecified atom stereocenters. The van der Waals surface area contributed by atoms with Crippen molar-refractivity contribution in [2.45, 2.75) is 25.8 Å². The quantitative estimate of drug-likeness (QED) is 0.255. The summed E-state index contributed by atoms with van der Waals surface area (Å²) in [4.78, 5) is 36.4. The Bertz CT molecular complexity index is 882. The Kier molecular flexibility index (Phi) is 6.43. The average Bonchev–Trinajstić information content (AvgIpc) is 3.36. The molecule has 1 aromatic heterocycles. The summed E-state index contributed by atoms with van der Waals surface area (Å²) in [5, 5.41) is 15.4. The first-order valence-corrected chi connectivity index (χ1v) is 9.17. The van der Waals surface area contributed by atoms with Gasteiger partial charge in [-0.3, -0.25) is 24.4 Å². The minimum atomic E-state index is -1.31. The molecule has 0 saturated heterocycles. The second-order valence-corrected chi connectivity index (χ2v) is 6.45. The van der Waals surface area contributed by atoms with Crippen molar-refractivity contribution in [3.05, 3.63) is 52.3 Å². The second-order valence-electron chi connectivity index (χ2n) is 6.45. The molecule has 2 atom stereocenters. The number of rotatable bonds is 10. The molecule has 0 saturated carbocycles. The van der Waals surface area contributed by atoms with Crippen LogP contribution in [-0.4, -0.2) is 46.4 Å². The van der Waals surface area contributed by atoms with Gasteiger partial charge < -0.3 is 14.2 Å². The molecule has 0 N–H and O–H groups in total. The van der Waals surface area contributed by atoms with Gasteiger partial charge in [0, 0.05) is 30.3 Å². The van der Waals surface area contributed by atoms with E-state index in [1.165, 1.54) is 0 Å². The number of aromatic nitrogens is 2. The highest BCUT2D eigenvalue weighted by Crippen LogP contribution is 2.37. The first-order chi connectivity index (χ1) is 14.0. The average molecular weight is 403 g/mol. The van der Waals surface area contributed by atoms with Crippen molar-refractivity contribution < 1.29 is 28.7 Å². The van der Waals surface area contributed by atoms with E-state index in [-0.39, 0.29) is 26.4 Å². The van der Waals surface area contributed by atoms with E-state index in [0.717, 1.165) is 0 Å². The molecule has 1 aliphatic rings. The highest BCUT2D eigenvalue weighted by Gasteiger charge is 2.40. The number of Topliss-reactive ketones (excluding diaryl/α,β-unsaturated/α-hetero) is 1. The number of hydrogen-bond donors (Lipinski definition) is 0. The second kappa shape index (κ2) is 9.18. The third kappa shape index (κ3) is 4.89. The zero-order valence-corrected chi connectivity index (χ0v) is 15.9. The van der Waals surface area contributed by atoms with Crippen molar-refractivity contribution in [2.24, 2.45) is 5.92 Å².